The standard InChI is InChI=1S/C14H17N3O2/c1-16-7-4-10(5-8-16)12-9-17-6-2-3-11(14(18)19)13(17)15-12/h2-3,6,9-10H,4-5,7-8H2,1H3,(H,18,19). The van der Waals surface area contributed by atoms with Crippen LogP contribution >= 0.6 is 0 Å². The van der Waals surface area contributed by atoms with Crippen molar-refractivity contribution in [3.8, 4) is 0 Å². The van der Waals surface area contributed by atoms with Crippen LogP contribution in [0.4, 0.5) is 0 Å². The maximum atomic E-state index is 11.2. The van der Waals surface area contributed by atoms with E-state index in [4.69, 9.17) is 0 Å². The van der Waals surface area contributed by atoms with Crippen molar-refractivity contribution in [3.05, 3.63) is 35.8 Å². The molecule has 0 saturated carbocycles. The van der Waals surface area contributed by atoms with Gasteiger partial charge in [0.05, 0.1) is 5.69 Å². The molecule has 2 aromatic heterocycles. The molecule has 1 aliphatic heterocycles. The van der Waals surface area contributed by atoms with Crippen molar-refractivity contribution in [2.75, 3.05) is 20.1 Å². The second-order valence-electron chi connectivity index (χ2n) is 5.20. The summed E-state index contributed by atoms with van der Waals surface area (Å²) in [6.07, 6.45) is 6.00. The zero-order valence-corrected chi connectivity index (χ0v) is 10.9. The second kappa shape index (κ2) is 4.66. The highest BCUT2D eigenvalue weighted by Gasteiger charge is 2.22. The number of aromatic carboxylic acids is 1. The average Bonchev–Trinajstić information content (AvgIpc) is 2.82. The molecular weight excluding hydrogens is 242 g/mol. The van der Waals surface area contributed by atoms with Crippen molar-refractivity contribution >= 4 is 11.6 Å². The van der Waals surface area contributed by atoms with Gasteiger partial charge in [-0.05, 0) is 45.1 Å². The van der Waals surface area contributed by atoms with Gasteiger partial charge in [-0.25, -0.2) is 9.78 Å². The molecule has 3 rings (SSSR count). The minimum Gasteiger partial charge on any atom is -0.478 e. The Balaban J connectivity index is 1.98. The third-order valence-electron chi connectivity index (χ3n) is 3.87. The van der Waals surface area contributed by atoms with Gasteiger partial charge in [0, 0.05) is 18.3 Å². The van der Waals surface area contributed by atoms with E-state index in [2.05, 4.69) is 16.9 Å². The van der Waals surface area contributed by atoms with Gasteiger partial charge in [0.15, 0.2) is 5.65 Å². The van der Waals surface area contributed by atoms with Crippen LogP contribution in [0.15, 0.2) is 24.5 Å². The van der Waals surface area contributed by atoms with E-state index in [1.807, 2.05) is 16.8 Å². The Labute approximate surface area is 111 Å². The molecule has 2 aromatic rings. The quantitative estimate of drug-likeness (QED) is 0.894. The van der Waals surface area contributed by atoms with Gasteiger partial charge in [-0.1, -0.05) is 0 Å². The van der Waals surface area contributed by atoms with Gasteiger partial charge in [0.1, 0.15) is 5.56 Å². The maximum Gasteiger partial charge on any atom is 0.339 e. The molecule has 1 saturated heterocycles. The van der Waals surface area contributed by atoms with Crippen LogP contribution < -0.4 is 0 Å². The largest absolute Gasteiger partial charge is 0.478 e. The number of piperidine rings is 1. The summed E-state index contributed by atoms with van der Waals surface area (Å²) in [7, 11) is 2.13. The van der Waals surface area contributed by atoms with Crippen molar-refractivity contribution in [3.63, 3.8) is 0 Å². The molecule has 5 nitrogen and oxygen atoms in total. The summed E-state index contributed by atoms with van der Waals surface area (Å²) >= 11 is 0. The summed E-state index contributed by atoms with van der Waals surface area (Å²) in [4.78, 5) is 18.0. The first-order chi connectivity index (χ1) is 9.15. The second-order valence-corrected chi connectivity index (χ2v) is 5.20. The number of imidazole rings is 1. The number of nitrogens with zero attached hydrogens (tertiary/aromatic N) is 3. The number of aromatic nitrogens is 2. The number of rotatable bonds is 2. The van der Waals surface area contributed by atoms with Crippen LogP contribution in [-0.4, -0.2) is 45.5 Å². The van der Waals surface area contributed by atoms with Crippen LogP contribution in [0.1, 0.15) is 34.8 Å². The zero-order valence-electron chi connectivity index (χ0n) is 10.9. The number of carbonyl (C=O) groups is 1. The van der Waals surface area contributed by atoms with Gasteiger partial charge in [0.25, 0.3) is 0 Å². The molecule has 100 valence electrons. The van der Waals surface area contributed by atoms with E-state index in [0.717, 1.165) is 31.6 Å². The smallest absolute Gasteiger partial charge is 0.339 e. The van der Waals surface area contributed by atoms with Crippen molar-refractivity contribution in [2.45, 2.75) is 18.8 Å². The predicted molar refractivity (Wildman–Crippen MR) is 71.6 cm³/mol. The van der Waals surface area contributed by atoms with Crippen LogP contribution in [0.2, 0.25) is 0 Å². The van der Waals surface area contributed by atoms with Crippen molar-refractivity contribution in [1.82, 2.24) is 14.3 Å². The minimum absolute atomic E-state index is 0.265. The molecule has 0 radical (unpaired) electrons. The topological polar surface area (TPSA) is 57.8 Å². The fourth-order valence-corrected chi connectivity index (χ4v) is 2.70. The lowest BCUT2D eigenvalue weighted by atomic mass is 9.94. The van der Waals surface area contributed by atoms with Gasteiger partial charge >= 0.3 is 5.97 Å². The highest BCUT2D eigenvalue weighted by Crippen LogP contribution is 2.27. The molecule has 3 heterocycles. The van der Waals surface area contributed by atoms with E-state index in [9.17, 15) is 9.90 Å². The van der Waals surface area contributed by atoms with Crippen molar-refractivity contribution < 1.29 is 9.90 Å². The Kier molecular flexibility index (Phi) is 2.98. The number of fused-ring (bicyclic) bond motifs is 1. The number of hydrogen-bond donors (Lipinski definition) is 1. The normalized spacial score (nSPS) is 17.9. The molecule has 0 amide bonds. The number of pyridine rings is 1. The predicted octanol–water partition coefficient (Wildman–Crippen LogP) is 1.84. The van der Waals surface area contributed by atoms with Gasteiger partial charge in [-0.2, -0.15) is 0 Å². The Hall–Kier alpha value is -1.88. The highest BCUT2D eigenvalue weighted by atomic mass is 16.4. The highest BCUT2D eigenvalue weighted by molar-refractivity contribution is 5.94. The molecular formula is C14H17N3O2. The summed E-state index contributed by atoms with van der Waals surface area (Å²) in [5, 5.41) is 9.18. The number of hydrogen-bond acceptors (Lipinski definition) is 3. The Morgan fingerprint density at radius 1 is 1.42 bits per heavy atom. The summed E-state index contributed by atoms with van der Waals surface area (Å²) in [6, 6.07) is 3.35. The van der Waals surface area contributed by atoms with E-state index in [0.29, 0.717) is 11.6 Å². The maximum absolute atomic E-state index is 11.2. The minimum atomic E-state index is -0.925. The SMILES string of the molecule is CN1CCC(c2cn3cccc(C(=O)O)c3n2)CC1. The van der Waals surface area contributed by atoms with Crippen LogP contribution in [0.25, 0.3) is 5.65 Å². The summed E-state index contributed by atoms with van der Waals surface area (Å²) in [5.41, 5.74) is 1.83. The van der Waals surface area contributed by atoms with Gasteiger partial charge in [-0.15, -0.1) is 0 Å². The Morgan fingerprint density at radius 3 is 2.84 bits per heavy atom. The van der Waals surface area contributed by atoms with E-state index >= 15 is 0 Å². The van der Waals surface area contributed by atoms with E-state index in [-0.39, 0.29) is 5.56 Å². The Bertz CT molecular complexity index is 612. The lowest BCUT2D eigenvalue weighted by Gasteiger charge is -2.27. The molecule has 0 atom stereocenters. The molecule has 0 bridgehead atoms. The zero-order chi connectivity index (χ0) is 13.4. The lowest BCUT2D eigenvalue weighted by Crippen LogP contribution is -2.29. The first kappa shape index (κ1) is 12.2. The number of carboxylic acid groups (broad SMARTS) is 1. The van der Waals surface area contributed by atoms with Crippen LogP contribution in [-0.2, 0) is 0 Å². The fraction of sp³-hybridized carbons (Fsp3) is 0.429. The summed E-state index contributed by atoms with van der Waals surface area (Å²) in [5.74, 6) is -0.483. The molecule has 1 aliphatic rings. The average molecular weight is 259 g/mol. The van der Waals surface area contributed by atoms with Crippen molar-refractivity contribution in [2.24, 2.45) is 0 Å². The van der Waals surface area contributed by atoms with E-state index < -0.39 is 5.97 Å². The summed E-state index contributed by atoms with van der Waals surface area (Å²) in [6.45, 7) is 2.15. The van der Waals surface area contributed by atoms with Gasteiger partial charge in [-0.3, -0.25) is 0 Å². The molecule has 0 aromatic carbocycles. The van der Waals surface area contributed by atoms with Gasteiger partial charge in [0.2, 0.25) is 0 Å². The van der Waals surface area contributed by atoms with Crippen LogP contribution in [0.5, 0.6) is 0 Å². The first-order valence-corrected chi connectivity index (χ1v) is 6.54. The fourth-order valence-electron chi connectivity index (χ4n) is 2.70. The summed E-state index contributed by atoms with van der Waals surface area (Å²) < 4.78 is 1.82. The molecule has 5 heteroatoms. The molecule has 0 unspecified atom stereocenters. The molecule has 1 fully saturated rings. The van der Waals surface area contributed by atoms with E-state index in [1.165, 1.54) is 0 Å². The third-order valence-corrected chi connectivity index (χ3v) is 3.87. The lowest BCUT2D eigenvalue weighted by molar-refractivity contribution is 0.0698. The van der Waals surface area contributed by atoms with Crippen LogP contribution in [0, 0.1) is 0 Å². The molecule has 19 heavy (non-hydrogen) atoms. The monoisotopic (exact) mass is 259 g/mol. The molecule has 0 spiro atoms. The van der Waals surface area contributed by atoms with Crippen LogP contribution in [0.3, 0.4) is 0 Å². The Morgan fingerprint density at radius 2 is 2.16 bits per heavy atom. The van der Waals surface area contributed by atoms with Gasteiger partial charge < -0.3 is 14.4 Å². The number of likely N-dealkylation sites (tertiary alicyclic amines) is 1. The third kappa shape index (κ3) is 2.21. The first-order valence-electron chi connectivity index (χ1n) is 6.54. The molecule has 0 aliphatic carbocycles. The van der Waals surface area contributed by atoms with Crippen molar-refractivity contribution in [1.29, 1.82) is 0 Å². The van der Waals surface area contributed by atoms with E-state index in [1.54, 1.807) is 12.1 Å². The molecule has 1 N–H and O–H groups in total. The number of carboxylic acids is 1.